The molecule has 1 fully saturated rings. The third-order valence-electron chi connectivity index (χ3n) is 3.15. The standard InChI is InChI=1S/C13H23NO4/c1-13(2,3)18-12(17)14-8-10(11(15)16)9-6-4-5-7-9/h9-10H,4-8H2,1-3H3,(H,14,17)(H,15,16). The maximum atomic E-state index is 11.5. The van der Waals surface area contributed by atoms with Crippen LogP contribution in [0.15, 0.2) is 0 Å². The molecule has 2 N–H and O–H groups in total. The van der Waals surface area contributed by atoms with Crippen LogP contribution in [0.1, 0.15) is 46.5 Å². The number of aliphatic carboxylic acids is 1. The van der Waals surface area contributed by atoms with Gasteiger partial charge in [0.2, 0.25) is 0 Å². The summed E-state index contributed by atoms with van der Waals surface area (Å²) in [5.74, 6) is -1.16. The molecule has 1 aliphatic rings. The summed E-state index contributed by atoms with van der Waals surface area (Å²) in [6, 6.07) is 0. The zero-order valence-electron chi connectivity index (χ0n) is 11.4. The molecule has 0 aromatic carbocycles. The van der Waals surface area contributed by atoms with Gasteiger partial charge >= 0.3 is 12.1 Å². The van der Waals surface area contributed by atoms with Crippen LogP contribution in [-0.2, 0) is 9.53 Å². The molecule has 1 saturated carbocycles. The average Bonchev–Trinajstić information content (AvgIpc) is 2.67. The summed E-state index contributed by atoms with van der Waals surface area (Å²) in [7, 11) is 0. The van der Waals surface area contributed by atoms with Gasteiger partial charge in [0.15, 0.2) is 0 Å². The Labute approximate surface area is 108 Å². The lowest BCUT2D eigenvalue weighted by Gasteiger charge is -2.22. The maximum Gasteiger partial charge on any atom is 0.407 e. The summed E-state index contributed by atoms with van der Waals surface area (Å²) in [4.78, 5) is 22.7. The van der Waals surface area contributed by atoms with Crippen LogP contribution in [0.4, 0.5) is 4.79 Å². The second kappa shape index (κ2) is 6.07. The minimum atomic E-state index is -0.835. The number of carbonyl (C=O) groups excluding carboxylic acids is 1. The van der Waals surface area contributed by atoms with Crippen molar-refractivity contribution in [2.24, 2.45) is 11.8 Å². The van der Waals surface area contributed by atoms with Gasteiger partial charge in [-0.3, -0.25) is 4.79 Å². The fourth-order valence-corrected chi connectivity index (χ4v) is 2.32. The van der Waals surface area contributed by atoms with Crippen molar-refractivity contribution < 1.29 is 19.4 Å². The molecule has 1 rings (SSSR count). The molecule has 5 heteroatoms. The molecule has 1 unspecified atom stereocenters. The van der Waals surface area contributed by atoms with Crippen LogP contribution in [0, 0.1) is 11.8 Å². The highest BCUT2D eigenvalue weighted by Gasteiger charge is 2.31. The van der Waals surface area contributed by atoms with Gasteiger partial charge in [0, 0.05) is 6.54 Å². The van der Waals surface area contributed by atoms with E-state index in [0.717, 1.165) is 25.7 Å². The van der Waals surface area contributed by atoms with Gasteiger partial charge in [0.1, 0.15) is 5.60 Å². The third-order valence-corrected chi connectivity index (χ3v) is 3.15. The van der Waals surface area contributed by atoms with E-state index in [-0.39, 0.29) is 12.5 Å². The molecule has 0 aromatic heterocycles. The Morgan fingerprint density at radius 2 is 1.89 bits per heavy atom. The third kappa shape index (κ3) is 4.94. The van der Waals surface area contributed by atoms with Gasteiger partial charge in [-0.15, -0.1) is 0 Å². The SMILES string of the molecule is CC(C)(C)OC(=O)NCC(C(=O)O)C1CCCC1. The summed E-state index contributed by atoms with van der Waals surface area (Å²) in [6.07, 6.45) is 3.49. The number of hydrogen-bond acceptors (Lipinski definition) is 3. The molecule has 104 valence electrons. The Morgan fingerprint density at radius 3 is 2.33 bits per heavy atom. The molecule has 1 amide bonds. The fourth-order valence-electron chi connectivity index (χ4n) is 2.32. The average molecular weight is 257 g/mol. The molecule has 0 radical (unpaired) electrons. The maximum absolute atomic E-state index is 11.5. The van der Waals surface area contributed by atoms with Crippen molar-refractivity contribution >= 4 is 12.1 Å². The molecule has 0 heterocycles. The van der Waals surface area contributed by atoms with Gasteiger partial charge in [-0.1, -0.05) is 12.8 Å². The monoisotopic (exact) mass is 257 g/mol. The van der Waals surface area contributed by atoms with Gasteiger partial charge in [0.25, 0.3) is 0 Å². The van der Waals surface area contributed by atoms with Crippen molar-refractivity contribution in [2.75, 3.05) is 6.54 Å². The first kappa shape index (κ1) is 14.8. The summed E-state index contributed by atoms with van der Waals surface area (Å²) >= 11 is 0. The largest absolute Gasteiger partial charge is 0.481 e. The van der Waals surface area contributed by atoms with Gasteiger partial charge in [0.05, 0.1) is 5.92 Å². The lowest BCUT2D eigenvalue weighted by Crippen LogP contribution is -2.39. The second-order valence-electron chi connectivity index (χ2n) is 5.87. The van der Waals surface area contributed by atoms with E-state index in [1.807, 2.05) is 0 Å². The van der Waals surface area contributed by atoms with Gasteiger partial charge < -0.3 is 15.2 Å². The number of hydrogen-bond donors (Lipinski definition) is 2. The molecule has 1 aliphatic carbocycles. The predicted octanol–water partition coefficient (Wildman–Crippen LogP) is 2.40. The van der Waals surface area contributed by atoms with E-state index in [2.05, 4.69) is 5.32 Å². The van der Waals surface area contributed by atoms with Crippen LogP contribution < -0.4 is 5.32 Å². The highest BCUT2D eigenvalue weighted by Crippen LogP contribution is 2.31. The Bertz CT molecular complexity index is 303. The van der Waals surface area contributed by atoms with Crippen molar-refractivity contribution in [3.63, 3.8) is 0 Å². The molecule has 5 nitrogen and oxygen atoms in total. The Hall–Kier alpha value is -1.26. The number of amides is 1. The summed E-state index contributed by atoms with van der Waals surface area (Å²) in [5.41, 5.74) is -0.559. The first-order valence-corrected chi connectivity index (χ1v) is 6.49. The van der Waals surface area contributed by atoms with E-state index >= 15 is 0 Å². The molecular weight excluding hydrogens is 234 g/mol. The number of nitrogens with one attached hydrogen (secondary N) is 1. The van der Waals surface area contributed by atoms with Crippen LogP contribution in [0.3, 0.4) is 0 Å². The minimum Gasteiger partial charge on any atom is -0.481 e. The normalized spacial score (nSPS) is 18.4. The first-order valence-electron chi connectivity index (χ1n) is 6.49. The highest BCUT2D eigenvalue weighted by molar-refractivity contribution is 5.73. The number of rotatable bonds is 4. The second-order valence-corrected chi connectivity index (χ2v) is 5.87. The Kier molecular flexibility index (Phi) is 4.99. The van der Waals surface area contributed by atoms with Crippen LogP contribution >= 0.6 is 0 Å². The van der Waals surface area contributed by atoms with Gasteiger partial charge in [-0.25, -0.2) is 4.79 Å². The molecule has 0 saturated heterocycles. The lowest BCUT2D eigenvalue weighted by atomic mass is 9.91. The zero-order valence-corrected chi connectivity index (χ0v) is 11.4. The lowest BCUT2D eigenvalue weighted by molar-refractivity contribution is -0.143. The van der Waals surface area contributed by atoms with E-state index in [1.165, 1.54) is 0 Å². The summed E-state index contributed by atoms with van der Waals surface area (Å²) < 4.78 is 5.09. The van der Waals surface area contributed by atoms with E-state index in [0.29, 0.717) is 0 Å². The molecular formula is C13H23NO4. The number of alkyl carbamates (subject to hydrolysis) is 1. The van der Waals surface area contributed by atoms with E-state index in [4.69, 9.17) is 4.74 Å². The van der Waals surface area contributed by atoms with E-state index in [9.17, 15) is 14.7 Å². The topological polar surface area (TPSA) is 75.6 Å². The Morgan fingerprint density at radius 1 is 1.33 bits per heavy atom. The van der Waals surface area contributed by atoms with Crippen molar-refractivity contribution in [3.05, 3.63) is 0 Å². The van der Waals surface area contributed by atoms with E-state index in [1.54, 1.807) is 20.8 Å². The van der Waals surface area contributed by atoms with Gasteiger partial charge in [-0.2, -0.15) is 0 Å². The first-order chi connectivity index (χ1) is 8.29. The van der Waals surface area contributed by atoms with Crippen molar-refractivity contribution in [1.82, 2.24) is 5.32 Å². The quantitative estimate of drug-likeness (QED) is 0.811. The van der Waals surface area contributed by atoms with E-state index < -0.39 is 23.6 Å². The summed E-state index contributed by atoms with van der Waals surface area (Å²) in [6.45, 7) is 5.48. The number of carboxylic acids is 1. The number of carbonyl (C=O) groups is 2. The number of carboxylic acid groups (broad SMARTS) is 1. The molecule has 0 spiro atoms. The summed E-state index contributed by atoms with van der Waals surface area (Å²) in [5, 5.41) is 11.7. The number of ether oxygens (including phenoxy) is 1. The van der Waals surface area contributed by atoms with Crippen LogP contribution in [0.25, 0.3) is 0 Å². The predicted molar refractivity (Wildman–Crippen MR) is 67.3 cm³/mol. The zero-order chi connectivity index (χ0) is 13.8. The van der Waals surface area contributed by atoms with Crippen LogP contribution in [0.5, 0.6) is 0 Å². The Balaban J connectivity index is 2.42. The van der Waals surface area contributed by atoms with Gasteiger partial charge in [-0.05, 0) is 39.5 Å². The van der Waals surface area contributed by atoms with Crippen LogP contribution in [-0.4, -0.2) is 29.3 Å². The smallest absolute Gasteiger partial charge is 0.407 e. The molecule has 1 atom stereocenters. The van der Waals surface area contributed by atoms with Crippen LogP contribution in [0.2, 0.25) is 0 Å². The van der Waals surface area contributed by atoms with Crippen molar-refractivity contribution in [1.29, 1.82) is 0 Å². The minimum absolute atomic E-state index is 0.148. The molecule has 0 bridgehead atoms. The molecule has 18 heavy (non-hydrogen) atoms. The molecule has 0 aromatic rings. The van der Waals surface area contributed by atoms with Crippen molar-refractivity contribution in [3.8, 4) is 0 Å². The fraction of sp³-hybridized carbons (Fsp3) is 0.846. The highest BCUT2D eigenvalue weighted by atomic mass is 16.6. The van der Waals surface area contributed by atoms with Crippen molar-refractivity contribution in [2.45, 2.75) is 52.1 Å². The molecule has 0 aliphatic heterocycles.